The van der Waals surface area contributed by atoms with Gasteiger partial charge in [0.25, 0.3) is 0 Å². The number of nitrogens with one attached hydrogen (secondary N) is 3. The molecule has 4 aromatic rings. The predicted molar refractivity (Wildman–Crippen MR) is 125 cm³/mol. The highest BCUT2D eigenvalue weighted by Gasteiger charge is 2.23. The van der Waals surface area contributed by atoms with E-state index in [4.69, 9.17) is 11.6 Å². The van der Waals surface area contributed by atoms with E-state index in [1.807, 2.05) is 12.1 Å². The summed E-state index contributed by atoms with van der Waals surface area (Å²) >= 11 is 6.69. The molecule has 0 saturated carbocycles. The highest BCUT2D eigenvalue weighted by molar-refractivity contribution is 6.36. The van der Waals surface area contributed by atoms with Crippen LogP contribution in [0.4, 0.5) is 21.6 Å². The SMILES string of the molecule is C[C@H]1CN(c2cc(Cl)c3c(Nc4cc5cn(C)nc5c(F)c4CO)n[nH]c3c2)C[C@H](C)N1. The number of aryl methyl sites for hydroxylation is 1. The molecule has 3 heterocycles. The number of aromatic amines is 1. The van der Waals surface area contributed by atoms with E-state index >= 15 is 0 Å². The van der Waals surface area contributed by atoms with E-state index in [2.05, 4.69) is 44.7 Å². The first-order valence-corrected chi connectivity index (χ1v) is 10.9. The maximum Gasteiger partial charge on any atom is 0.161 e. The minimum absolute atomic E-state index is 0.129. The Morgan fingerprint density at radius 1 is 1.25 bits per heavy atom. The lowest BCUT2D eigenvalue weighted by Crippen LogP contribution is -2.54. The normalized spacial score (nSPS) is 19.2. The van der Waals surface area contributed by atoms with Gasteiger partial charge in [-0.15, -0.1) is 0 Å². The molecule has 0 amide bonds. The number of anilines is 3. The number of hydrogen-bond donors (Lipinski definition) is 4. The van der Waals surface area contributed by atoms with E-state index in [1.54, 1.807) is 24.0 Å². The van der Waals surface area contributed by atoms with E-state index in [0.717, 1.165) is 24.3 Å². The highest BCUT2D eigenvalue weighted by atomic mass is 35.5. The van der Waals surface area contributed by atoms with Gasteiger partial charge in [0.1, 0.15) is 5.52 Å². The van der Waals surface area contributed by atoms with Crippen LogP contribution in [0.25, 0.3) is 21.8 Å². The fourth-order valence-electron chi connectivity index (χ4n) is 4.58. The molecule has 1 fully saturated rings. The summed E-state index contributed by atoms with van der Waals surface area (Å²) in [4.78, 5) is 2.31. The molecular formula is C22H25ClFN7O. The summed E-state index contributed by atoms with van der Waals surface area (Å²) in [6, 6.07) is 6.47. The minimum Gasteiger partial charge on any atom is -0.391 e. The average molecular weight is 458 g/mol. The standard InChI is InChI=1S/C22H25ClFN7O/c1-11-7-31(8-12(2)25-11)14-5-16(23)19-18(6-14)27-28-22(19)26-17-4-13-9-30(3)29-21(13)20(24)15(17)10-32/h4-6,9,11-12,25,32H,7-8,10H2,1-3H3,(H2,26,27,28)/t11-,12-/m0/s1. The number of rotatable bonds is 4. The molecule has 0 spiro atoms. The number of hydrogen-bond acceptors (Lipinski definition) is 6. The summed E-state index contributed by atoms with van der Waals surface area (Å²) in [5, 5.41) is 29.9. The molecular weight excluding hydrogens is 433 g/mol. The van der Waals surface area contributed by atoms with Gasteiger partial charge in [0, 0.05) is 60.7 Å². The fourth-order valence-corrected chi connectivity index (χ4v) is 4.89. The number of benzene rings is 2. The van der Waals surface area contributed by atoms with E-state index in [-0.39, 0.29) is 11.1 Å². The van der Waals surface area contributed by atoms with Gasteiger partial charge in [0.2, 0.25) is 0 Å². The molecule has 5 rings (SSSR count). The van der Waals surface area contributed by atoms with Crippen LogP contribution in [0.3, 0.4) is 0 Å². The van der Waals surface area contributed by atoms with Gasteiger partial charge in [-0.1, -0.05) is 11.6 Å². The average Bonchev–Trinajstić information content (AvgIpc) is 3.31. The van der Waals surface area contributed by atoms with Crippen LogP contribution in [0, 0.1) is 5.82 Å². The van der Waals surface area contributed by atoms with Crippen molar-refractivity contribution in [2.75, 3.05) is 23.3 Å². The zero-order valence-corrected chi connectivity index (χ0v) is 18.8. The van der Waals surface area contributed by atoms with Gasteiger partial charge in [0.15, 0.2) is 11.6 Å². The summed E-state index contributed by atoms with van der Waals surface area (Å²) in [6.45, 7) is 5.63. The molecule has 2 atom stereocenters. The number of piperazine rings is 1. The quantitative estimate of drug-likeness (QED) is 0.373. The Morgan fingerprint density at radius 2 is 2.00 bits per heavy atom. The van der Waals surface area contributed by atoms with Crippen LogP contribution in [0.1, 0.15) is 19.4 Å². The first kappa shape index (κ1) is 21.0. The Morgan fingerprint density at radius 3 is 2.72 bits per heavy atom. The van der Waals surface area contributed by atoms with E-state index in [1.165, 1.54) is 0 Å². The van der Waals surface area contributed by atoms with Crippen molar-refractivity contribution in [2.45, 2.75) is 32.5 Å². The van der Waals surface area contributed by atoms with Crippen LogP contribution in [0.5, 0.6) is 0 Å². The maximum absolute atomic E-state index is 14.9. The van der Waals surface area contributed by atoms with Gasteiger partial charge in [-0.05, 0) is 32.0 Å². The van der Waals surface area contributed by atoms with Gasteiger partial charge in [-0.2, -0.15) is 10.2 Å². The van der Waals surface area contributed by atoms with Crippen molar-refractivity contribution in [1.82, 2.24) is 25.3 Å². The third-order valence-electron chi connectivity index (χ3n) is 5.89. The van der Waals surface area contributed by atoms with Crippen LogP contribution in [-0.2, 0) is 13.7 Å². The fraction of sp³-hybridized carbons (Fsp3) is 0.364. The number of H-pyrrole nitrogens is 1. The van der Waals surface area contributed by atoms with Crippen molar-refractivity contribution in [3.63, 3.8) is 0 Å². The first-order chi connectivity index (χ1) is 15.3. The second kappa shape index (κ2) is 7.91. The Balaban J connectivity index is 1.53. The zero-order chi connectivity index (χ0) is 22.6. The molecule has 4 N–H and O–H groups in total. The predicted octanol–water partition coefficient (Wildman–Crippen LogP) is 3.66. The topological polar surface area (TPSA) is 94.0 Å². The molecule has 0 unspecified atom stereocenters. The molecule has 10 heteroatoms. The second-order valence-electron chi connectivity index (χ2n) is 8.54. The Kier molecular flexibility index (Phi) is 5.19. The van der Waals surface area contributed by atoms with Crippen LogP contribution < -0.4 is 15.5 Å². The van der Waals surface area contributed by atoms with Crippen LogP contribution in [0.15, 0.2) is 24.4 Å². The summed E-state index contributed by atoms with van der Waals surface area (Å²) < 4.78 is 16.5. The lowest BCUT2D eigenvalue weighted by Gasteiger charge is -2.37. The first-order valence-electron chi connectivity index (χ1n) is 10.5. The molecule has 0 radical (unpaired) electrons. The van der Waals surface area contributed by atoms with E-state index in [9.17, 15) is 9.50 Å². The number of fused-ring (bicyclic) bond motifs is 2. The third-order valence-corrected chi connectivity index (χ3v) is 6.19. The van der Waals surface area contributed by atoms with Crippen molar-refractivity contribution in [1.29, 1.82) is 0 Å². The molecule has 2 aromatic heterocycles. The molecule has 1 aliphatic heterocycles. The molecule has 8 nitrogen and oxygen atoms in total. The summed E-state index contributed by atoms with van der Waals surface area (Å²) in [6.07, 6.45) is 1.72. The summed E-state index contributed by atoms with van der Waals surface area (Å²) in [5.74, 6) is -0.0841. The lowest BCUT2D eigenvalue weighted by atomic mass is 10.1. The Bertz CT molecular complexity index is 1310. The van der Waals surface area contributed by atoms with Crippen LogP contribution in [-0.4, -0.2) is 50.3 Å². The lowest BCUT2D eigenvalue weighted by molar-refractivity contribution is 0.277. The van der Waals surface area contributed by atoms with Crippen LogP contribution >= 0.6 is 11.6 Å². The van der Waals surface area contributed by atoms with Gasteiger partial charge >= 0.3 is 0 Å². The number of aromatic nitrogens is 4. The van der Waals surface area contributed by atoms with Crippen molar-refractivity contribution in [3.8, 4) is 0 Å². The maximum atomic E-state index is 14.9. The Hall–Kier alpha value is -2.88. The zero-order valence-electron chi connectivity index (χ0n) is 18.1. The van der Waals surface area contributed by atoms with Crippen molar-refractivity contribution < 1.29 is 9.50 Å². The van der Waals surface area contributed by atoms with Crippen molar-refractivity contribution >= 4 is 50.6 Å². The molecule has 2 aromatic carbocycles. The molecule has 0 aliphatic carbocycles. The second-order valence-corrected chi connectivity index (χ2v) is 8.94. The van der Waals surface area contributed by atoms with Gasteiger partial charge in [-0.25, -0.2) is 4.39 Å². The smallest absolute Gasteiger partial charge is 0.161 e. The summed E-state index contributed by atoms with van der Waals surface area (Å²) in [5.41, 5.74) is 2.57. The van der Waals surface area contributed by atoms with Crippen molar-refractivity contribution in [3.05, 3.63) is 40.8 Å². The minimum atomic E-state index is -0.553. The van der Waals surface area contributed by atoms with Gasteiger partial charge < -0.3 is 20.6 Å². The number of aliphatic hydroxyl groups is 1. The van der Waals surface area contributed by atoms with E-state index < -0.39 is 12.4 Å². The van der Waals surface area contributed by atoms with Crippen molar-refractivity contribution in [2.24, 2.45) is 7.05 Å². The Labute approximate surface area is 189 Å². The molecule has 1 saturated heterocycles. The van der Waals surface area contributed by atoms with Gasteiger partial charge in [0.05, 0.1) is 22.5 Å². The van der Waals surface area contributed by atoms with E-state index in [0.29, 0.717) is 39.4 Å². The third kappa shape index (κ3) is 3.56. The largest absolute Gasteiger partial charge is 0.391 e. The molecule has 1 aliphatic rings. The molecule has 32 heavy (non-hydrogen) atoms. The molecule has 0 bridgehead atoms. The summed E-state index contributed by atoms with van der Waals surface area (Å²) in [7, 11) is 1.73. The monoisotopic (exact) mass is 457 g/mol. The number of halogens is 2. The number of nitrogens with zero attached hydrogens (tertiary/aromatic N) is 4. The van der Waals surface area contributed by atoms with Crippen LogP contribution in [0.2, 0.25) is 5.02 Å². The van der Waals surface area contributed by atoms with Gasteiger partial charge in [-0.3, -0.25) is 9.78 Å². The molecule has 168 valence electrons. The number of aliphatic hydroxyl groups excluding tert-OH is 1. The highest BCUT2D eigenvalue weighted by Crippen LogP contribution is 2.37.